The zero-order chi connectivity index (χ0) is 16.2. The van der Waals surface area contributed by atoms with Crippen LogP contribution in [0.2, 0.25) is 0 Å². The summed E-state index contributed by atoms with van der Waals surface area (Å²) >= 11 is 1.67. The number of hydrogen-bond donors (Lipinski definition) is 2. The number of H-pyrrole nitrogens is 1. The number of nitrogens with zero attached hydrogens (tertiary/aromatic N) is 2. The minimum Gasteiger partial charge on any atom is -0.350 e. The van der Waals surface area contributed by atoms with Gasteiger partial charge in [0.25, 0.3) is 0 Å². The molecule has 23 heavy (non-hydrogen) atoms. The fourth-order valence-corrected chi connectivity index (χ4v) is 3.79. The molecule has 0 bridgehead atoms. The second-order valence-electron chi connectivity index (χ2n) is 6.28. The zero-order valence-electron chi connectivity index (χ0n) is 13.7. The van der Waals surface area contributed by atoms with Gasteiger partial charge in [-0.05, 0) is 50.7 Å². The molecule has 0 radical (unpaired) electrons. The number of aryl methyl sites for hydroxylation is 1. The zero-order valence-corrected chi connectivity index (χ0v) is 14.5. The van der Waals surface area contributed by atoms with Crippen LogP contribution in [-0.2, 0) is 11.3 Å². The van der Waals surface area contributed by atoms with Crippen LogP contribution in [0.4, 0.5) is 0 Å². The summed E-state index contributed by atoms with van der Waals surface area (Å²) in [6.45, 7) is 6.53. The lowest BCUT2D eigenvalue weighted by atomic mass is 9.93. The Morgan fingerprint density at radius 3 is 3.17 bits per heavy atom. The molecule has 0 aromatic carbocycles. The summed E-state index contributed by atoms with van der Waals surface area (Å²) in [5.74, 6) is 0.526. The van der Waals surface area contributed by atoms with Gasteiger partial charge in [0.1, 0.15) is 0 Å². The number of carbonyl (C=O) groups is 1. The minimum absolute atomic E-state index is 0.0993. The van der Waals surface area contributed by atoms with Gasteiger partial charge in [0, 0.05) is 23.0 Å². The number of carbonyl (C=O) groups excluding carboxylic acids is 1. The van der Waals surface area contributed by atoms with Crippen molar-refractivity contribution in [1.29, 1.82) is 0 Å². The first-order chi connectivity index (χ1) is 11.1. The number of rotatable bonds is 5. The van der Waals surface area contributed by atoms with Crippen LogP contribution in [0.3, 0.4) is 0 Å². The average Bonchev–Trinajstić information content (AvgIpc) is 3.23. The summed E-state index contributed by atoms with van der Waals surface area (Å²) in [7, 11) is 0. The third-order valence-corrected chi connectivity index (χ3v) is 5.42. The average molecular weight is 332 g/mol. The van der Waals surface area contributed by atoms with Crippen molar-refractivity contribution in [2.24, 2.45) is 0 Å². The fraction of sp³-hybridized carbons (Fsp3) is 0.529. The van der Waals surface area contributed by atoms with Crippen LogP contribution < -0.4 is 5.32 Å². The van der Waals surface area contributed by atoms with Crippen molar-refractivity contribution in [2.75, 3.05) is 13.1 Å². The minimum atomic E-state index is -0.0993. The normalized spacial score (nSPS) is 20.3. The highest BCUT2D eigenvalue weighted by atomic mass is 32.1. The van der Waals surface area contributed by atoms with E-state index in [2.05, 4.69) is 26.5 Å². The molecule has 0 aliphatic carbocycles. The second kappa shape index (κ2) is 7.27. The van der Waals surface area contributed by atoms with Crippen molar-refractivity contribution < 1.29 is 4.79 Å². The Kier molecular flexibility index (Phi) is 5.13. The van der Waals surface area contributed by atoms with E-state index in [1.807, 2.05) is 31.4 Å². The van der Waals surface area contributed by atoms with E-state index in [0.29, 0.717) is 12.5 Å². The Hall–Kier alpha value is -1.66. The second-order valence-corrected chi connectivity index (χ2v) is 7.32. The highest BCUT2D eigenvalue weighted by molar-refractivity contribution is 7.09. The van der Waals surface area contributed by atoms with E-state index in [1.165, 1.54) is 4.88 Å². The van der Waals surface area contributed by atoms with Gasteiger partial charge in [0.2, 0.25) is 5.91 Å². The van der Waals surface area contributed by atoms with E-state index >= 15 is 0 Å². The number of aromatic nitrogens is 2. The van der Waals surface area contributed by atoms with Crippen molar-refractivity contribution >= 4 is 17.2 Å². The molecule has 6 heteroatoms. The number of hydrogen-bond acceptors (Lipinski definition) is 4. The lowest BCUT2D eigenvalue weighted by molar-refractivity contribution is -0.126. The highest BCUT2D eigenvalue weighted by Gasteiger charge is 2.29. The summed E-state index contributed by atoms with van der Waals surface area (Å²) in [6, 6.07) is 6.08. The molecule has 124 valence electrons. The van der Waals surface area contributed by atoms with Crippen LogP contribution in [0.1, 0.15) is 41.9 Å². The molecule has 0 spiro atoms. The standard InChI is InChI=1S/C17H24N4OS/c1-12-9-16(20-19-12)14-5-3-7-21(11-14)13(2)17(22)18-10-15-6-4-8-23-15/h4,6,8-9,13-14H,3,5,7,10-11H2,1-2H3,(H,18,22)(H,19,20)/t13-,14+/m1/s1. The number of amides is 1. The predicted molar refractivity (Wildman–Crippen MR) is 92.5 cm³/mol. The van der Waals surface area contributed by atoms with Crippen molar-refractivity contribution in [3.63, 3.8) is 0 Å². The van der Waals surface area contributed by atoms with Crippen LogP contribution in [0.25, 0.3) is 0 Å². The molecule has 2 atom stereocenters. The molecule has 1 fully saturated rings. The van der Waals surface area contributed by atoms with Gasteiger partial charge in [-0.2, -0.15) is 5.10 Å². The summed E-state index contributed by atoms with van der Waals surface area (Å²) in [5, 5.41) is 12.5. The maximum Gasteiger partial charge on any atom is 0.237 e. The molecular formula is C17H24N4OS. The molecule has 0 saturated carbocycles. The maximum atomic E-state index is 12.4. The molecular weight excluding hydrogens is 308 g/mol. The third kappa shape index (κ3) is 4.00. The molecule has 1 amide bonds. The van der Waals surface area contributed by atoms with Gasteiger partial charge in [-0.3, -0.25) is 14.8 Å². The van der Waals surface area contributed by atoms with E-state index in [9.17, 15) is 4.79 Å². The summed E-state index contributed by atoms with van der Waals surface area (Å²) < 4.78 is 0. The number of nitrogens with one attached hydrogen (secondary N) is 2. The molecule has 5 nitrogen and oxygen atoms in total. The Labute approximate surface area is 141 Å². The van der Waals surface area contributed by atoms with Crippen LogP contribution >= 0.6 is 11.3 Å². The van der Waals surface area contributed by atoms with Crippen molar-refractivity contribution in [2.45, 2.75) is 45.2 Å². The van der Waals surface area contributed by atoms with E-state index in [4.69, 9.17) is 0 Å². The summed E-state index contributed by atoms with van der Waals surface area (Å²) in [6.07, 6.45) is 2.25. The predicted octanol–water partition coefficient (Wildman–Crippen LogP) is 2.66. The molecule has 2 N–H and O–H groups in total. The number of thiophene rings is 1. The highest BCUT2D eigenvalue weighted by Crippen LogP contribution is 2.27. The monoisotopic (exact) mass is 332 g/mol. The van der Waals surface area contributed by atoms with Gasteiger partial charge in [-0.15, -0.1) is 11.3 Å². The molecule has 1 saturated heterocycles. The van der Waals surface area contributed by atoms with Crippen molar-refractivity contribution in [3.8, 4) is 0 Å². The Bertz CT molecular complexity index is 637. The number of likely N-dealkylation sites (tertiary alicyclic amines) is 1. The van der Waals surface area contributed by atoms with Crippen LogP contribution in [0, 0.1) is 6.92 Å². The van der Waals surface area contributed by atoms with Crippen LogP contribution in [-0.4, -0.2) is 40.1 Å². The molecule has 3 heterocycles. The topological polar surface area (TPSA) is 61.0 Å². The van der Waals surface area contributed by atoms with Gasteiger partial charge in [-0.1, -0.05) is 6.07 Å². The largest absolute Gasteiger partial charge is 0.350 e. The first-order valence-corrected chi connectivity index (χ1v) is 9.07. The van der Waals surface area contributed by atoms with Gasteiger partial charge in [0.05, 0.1) is 18.3 Å². The Morgan fingerprint density at radius 1 is 1.61 bits per heavy atom. The van der Waals surface area contributed by atoms with E-state index in [-0.39, 0.29) is 11.9 Å². The van der Waals surface area contributed by atoms with Crippen LogP contribution in [0.5, 0.6) is 0 Å². The molecule has 3 rings (SSSR count). The lowest BCUT2D eigenvalue weighted by Crippen LogP contribution is -2.48. The molecule has 1 aliphatic heterocycles. The smallest absolute Gasteiger partial charge is 0.237 e. The van der Waals surface area contributed by atoms with Gasteiger partial charge in [0.15, 0.2) is 0 Å². The van der Waals surface area contributed by atoms with E-state index in [1.54, 1.807) is 11.3 Å². The molecule has 2 aromatic rings. The van der Waals surface area contributed by atoms with Crippen LogP contribution in [0.15, 0.2) is 23.6 Å². The van der Waals surface area contributed by atoms with E-state index in [0.717, 1.165) is 37.3 Å². The summed E-state index contributed by atoms with van der Waals surface area (Å²) in [5.41, 5.74) is 2.22. The molecule has 2 aromatic heterocycles. The van der Waals surface area contributed by atoms with Crippen molar-refractivity contribution in [1.82, 2.24) is 20.4 Å². The lowest BCUT2D eigenvalue weighted by Gasteiger charge is -2.35. The Morgan fingerprint density at radius 2 is 2.48 bits per heavy atom. The number of piperidine rings is 1. The molecule has 1 aliphatic rings. The quantitative estimate of drug-likeness (QED) is 0.885. The van der Waals surface area contributed by atoms with E-state index < -0.39 is 0 Å². The van der Waals surface area contributed by atoms with Gasteiger partial charge in [-0.25, -0.2) is 0 Å². The third-order valence-electron chi connectivity index (χ3n) is 4.54. The fourth-order valence-electron chi connectivity index (χ4n) is 3.15. The van der Waals surface area contributed by atoms with Crippen molar-refractivity contribution in [3.05, 3.63) is 39.8 Å². The summed E-state index contributed by atoms with van der Waals surface area (Å²) in [4.78, 5) is 15.9. The van der Waals surface area contributed by atoms with Gasteiger partial charge >= 0.3 is 0 Å². The SMILES string of the molecule is Cc1cc([C@H]2CCCN([C@H](C)C(=O)NCc3cccs3)C2)n[nH]1. The first-order valence-electron chi connectivity index (χ1n) is 8.19. The molecule has 0 unspecified atom stereocenters. The number of aromatic amines is 1. The maximum absolute atomic E-state index is 12.4. The van der Waals surface area contributed by atoms with Gasteiger partial charge < -0.3 is 5.32 Å². The Balaban J connectivity index is 1.55. The first kappa shape index (κ1) is 16.2.